The molecule has 0 aliphatic heterocycles. The van der Waals surface area contributed by atoms with Crippen LogP contribution in [-0.4, -0.2) is 26.6 Å². The lowest BCUT2D eigenvalue weighted by Gasteiger charge is -2.21. The molecular formula is C31H29F3N2O4. The summed E-state index contributed by atoms with van der Waals surface area (Å²) in [4.78, 5) is 22.7. The first-order valence-corrected chi connectivity index (χ1v) is 12.8. The number of carboxylic acid groups (broad SMARTS) is 1. The maximum atomic E-state index is 13.5. The fourth-order valence-corrected chi connectivity index (χ4v) is 4.69. The van der Waals surface area contributed by atoms with Crippen LogP contribution in [-0.2, 0) is 17.6 Å². The molecule has 208 valence electrons. The Morgan fingerprint density at radius 1 is 1.12 bits per heavy atom. The van der Waals surface area contributed by atoms with Crippen LogP contribution in [0.15, 0.2) is 79.5 Å². The minimum Gasteiger partial charge on any atom is -0.488 e. The highest BCUT2D eigenvalue weighted by Gasteiger charge is 2.40. The molecule has 40 heavy (non-hydrogen) atoms. The van der Waals surface area contributed by atoms with E-state index in [9.17, 15) is 22.8 Å². The number of para-hydroxylation sites is 1. The van der Waals surface area contributed by atoms with Gasteiger partial charge in [0, 0.05) is 24.1 Å². The number of rotatable bonds is 9. The van der Waals surface area contributed by atoms with Gasteiger partial charge in [-0.3, -0.25) is 4.79 Å². The second-order valence-electron chi connectivity index (χ2n) is 9.65. The second kappa shape index (κ2) is 12.2. The molecule has 9 heteroatoms. The lowest BCUT2D eigenvalue weighted by Crippen LogP contribution is -2.17. The Hall–Kier alpha value is -4.40. The van der Waals surface area contributed by atoms with Crippen molar-refractivity contribution >= 4 is 23.0 Å². The summed E-state index contributed by atoms with van der Waals surface area (Å²) in [5, 5.41) is 12.7. The summed E-state index contributed by atoms with van der Waals surface area (Å²) in [5.41, 5.74) is 1.33. The standard InChI is InChI=1S/C31H29F3N2O4/c1-20(6-5-7-21(2)36-29(31(32,33)34)27(18-35-36)30(38)39)26-8-3-4-9-28(26)40-19-22-10-12-23(13-11-22)24-14-16-25(37)17-15-24/h3-13,18,24H,1,14-17,19H2,2H3,(H,38,39)/b6-5-,21-7+. The van der Waals surface area contributed by atoms with Gasteiger partial charge < -0.3 is 9.84 Å². The molecule has 0 bridgehead atoms. The molecule has 0 amide bonds. The van der Waals surface area contributed by atoms with Crippen molar-refractivity contribution in [3.63, 3.8) is 0 Å². The van der Waals surface area contributed by atoms with Crippen LogP contribution in [0.25, 0.3) is 11.3 Å². The summed E-state index contributed by atoms with van der Waals surface area (Å²) in [6, 6.07) is 15.5. The van der Waals surface area contributed by atoms with E-state index in [2.05, 4.69) is 23.8 Å². The van der Waals surface area contributed by atoms with Crippen molar-refractivity contribution in [3.05, 3.63) is 107 Å². The molecule has 0 atom stereocenters. The average molecular weight is 551 g/mol. The second-order valence-corrected chi connectivity index (χ2v) is 9.65. The van der Waals surface area contributed by atoms with Gasteiger partial charge in [-0.1, -0.05) is 61.2 Å². The molecule has 1 aliphatic rings. The number of carbonyl (C=O) groups excluding carboxylic acids is 1. The Bertz CT molecular complexity index is 1460. The van der Waals surface area contributed by atoms with E-state index in [0.29, 0.717) is 53.4 Å². The molecule has 0 saturated heterocycles. The first-order valence-electron chi connectivity index (χ1n) is 12.8. The zero-order valence-corrected chi connectivity index (χ0v) is 21.9. The zero-order chi connectivity index (χ0) is 28.9. The highest BCUT2D eigenvalue weighted by molar-refractivity contribution is 5.89. The van der Waals surface area contributed by atoms with E-state index in [0.717, 1.165) is 24.0 Å². The molecule has 1 fully saturated rings. The van der Waals surface area contributed by atoms with Crippen molar-refractivity contribution < 1.29 is 32.6 Å². The van der Waals surface area contributed by atoms with Crippen molar-refractivity contribution in [2.45, 2.75) is 51.3 Å². The van der Waals surface area contributed by atoms with Gasteiger partial charge in [-0.2, -0.15) is 18.3 Å². The highest BCUT2D eigenvalue weighted by atomic mass is 19.4. The molecule has 4 rings (SSSR count). The number of carboxylic acids is 1. The molecule has 1 heterocycles. The molecule has 0 radical (unpaired) electrons. The number of aromatic carboxylic acids is 1. The van der Waals surface area contributed by atoms with Gasteiger partial charge in [-0.15, -0.1) is 0 Å². The van der Waals surface area contributed by atoms with Crippen molar-refractivity contribution in [2.24, 2.45) is 0 Å². The van der Waals surface area contributed by atoms with Gasteiger partial charge in [-0.25, -0.2) is 9.48 Å². The molecule has 6 nitrogen and oxygen atoms in total. The predicted octanol–water partition coefficient (Wildman–Crippen LogP) is 7.54. The highest BCUT2D eigenvalue weighted by Crippen LogP contribution is 2.34. The summed E-state index contributed by atoms with van der Waals surface area (Å²) in [7, 11) is 0. The first kappa shape index (κ1) is 28.6. The van der Waals surface area contributed by atoms with E-state index in [-0.39, 0.29) is 5.70 Å². The summed E-state index contributed by atoms with van der Waals surface area (Å²) >= 11 is 0. The van der Waals surface area contributed by atoms with Crippen LogP contribution < -0.4 is 4.74 Å². The summed E-state index contributed by atoms with van der Waals surface area (Å²) in [6.07, 6.45) is 3.41. The number of ether oxygens (including phenoxy) is 1. The zero-order valence-electron chi connectivity index (χ0n) is 21.9. The van der Waals surface area contributed by atoms with Crippen molar-refractivity contribution in [2.75, 3.05) is 0 Å². The molecule has 1 aliphatic carbocycles. The summed E-state index contributed by atoms with van der Waals surface area (Å²) in [5.74, 6) is -0.353. The molecule has 1 aromatic heterocycles. The van der Waals surface area contributed by atoms with Crippen molar-refractivity contribution in [3.8, 4) is 5.75 Å². The lowest BCUT2D eigenvalue weighted by molar-refractivity contribution is -0.143. The van der Waals surface area contributed by atoms with E-state index in [1.54, 1.807) is 6.08 Å². The Morgan fingerprint density at radius 3 is 2.45 bits per heavy atom. The number of ketones is 1. The van der Waals surface area contributed by atoms with Gasteiger partial charge in [0.05, 0.1) is 6.20 Å². The number of allylic oxidation sites excluding steroid dienone is 5. The quantitative estimate of drug-likeness (QED) is 0.279. The third-order valence-corrected chi connectivity index (χ3v) is 6.86. The lowest BCUT2D eigenvalue weighted by atomic mass is 9.83. The van der Waals surface area contributed by atoms with Crippen LogP contribution in [0.1, 0.15) is 71.3 Å². The van der Waals surface area contributed by atoms with Crippen LogP contribution in [0.3, 0.4) is 0 Å². The van der Waals surface area contributed by atoms with E-state index < -0.39 is 23.4 Å². The monoisotopic (exact) mass is 550 g/mol. The van der Waals surface area contributed by atoms with Crippen LogP contribution >= 0.6 is 0 Å². The fraction of sp³-hybridized carbons (Fsp3) is 0.258. The molecular weight excluding hydrogens is 521 g/mol. The number of halogens is 3. The molecule has 2 aromatic carbocycles. The smallest absolute Gasteiger partial charge is 0.434 e. The van der Waals surface area contributed by atoms with Crippen molar-refractivity contribution in [1.29, 1.82) is 0 Å². The van der Waals surface area contributed by atoms with Gasteiger partial charge in [0.1, 0.15) is 23.7 Å². The Labute approximate surface area is 230 Å². The van der Waals surface area contributed by atoms with Crippen molar-refractivity contribution in [1.82, 2.24) is 9.78 Å². The SMILES string of the molecule is C=C(/C=C\C=C(/C)n1ncc(C(=O)O)c1C(F)(F)F)c1ccccc1OCc1ccc(C2CCC(=O)CC2)cc1. The van der Waals surface area contributed by atoms with Crippen LogP contribution in [0.5, 0.6) is 5.75 Å². The summed E-state index contributed by atoms with van der Waals surface area (Å²) < 4.78 is 47.1. The number of carbonyl (C=O) groups is 2. The minimum atomic E-state index is -4.89. The minimum absolute atomic E-state index is 0.0803. The maximum absolute atomic E-state index is 13.5. The molecule has 1 saturated carbocycles. The van der Waals surface area contributed by atoms with Gasteiger partial charge in [0.25, 0.3) is 0 Å². The average Bonchev–Trinajstić information content (AvgIpc) is 3.40. The van der Waals surface area contributed by atoms with Gasteiger partial charge in [0.15, 0.2) is 5.69 Å². The number of alkyl halides is 3. The Morgan fingerprint density at radius 2 is 1.80 bits per heavy atom. The van der Waals surface area contributed by atoms with Crippen LogP contribution in [0.4, 0.5) is 13.2 Å². The van der Waals surface area contributed by atoms with Gasteiger partial charge >= 0.3 is 12.1 Å². The molecule has 0 spiro atoms. The van der Waals surface area contributed by atoms with Crippen LogP contribution in [0.2, 0.25) is 0 Å². The number of hydrogen-bond donors (Lipinski definition) is 1. The number of aromatic nitrogens is 2. The molecule has 0 unspecified atom stereocenters. The largest absolute Gasteiger partial charge is 0.488 e. The maximum Gasteiger partial charge on any atom is 0.434 e. The Kier molecular flexibility index (Phi) is 8.72. The van der Waals surface area contributed by atoms with Gasteiger partial charge in [-0.05, 0) is 54.5 Å². The molecule has 1 N–H and O–H groups in total. The number of Topliss-reactive ketones (excluding diaryl/α,β-unsaturated/α-hetero) is 1. The number of nitrogens with zero attached hydrogens (tertiary/aromatic N) is 2. The van der Waals surface area contributed by atoms with E-state index in [1.807, 2.05) is 36.4 Å². The van der Waals surface area contributed by atoms with E-state index in [4.69, 9.17) is 9.84 Å². The third-order valence-electron chi connectivity index (χ3n) is 6.86. The normalized spacial score (nSPS) is 15.0. The number of hydrogen-bond acceptors (Lipinski definition) is 4. The fourth-order valence-electron chi connectivity index (χ4n) is 4.69. The van der Waals surface area contributed by atoms with Gasteiger partial charge in [0.2, 0.25) is 0 Å². The van der Waals surface area contributed by atoms with E-state index >= 15 is 0 Å². The first-order chi connectivity index (χ1) is 19.0. The third kappa shape index (κ3) is 6.77. The molecule has 3 aromatic rings. The number of benzene rings is 2. The predicted molar refractivity (Wildman–Crippen MR) is 146 cm³/mol. The topological polar surface area (TPSA) is 81.4 Å². The van der Waals surface area contributed by atoms with E-state index in [1.165, 1.54) is 24.6 Å². The van der Waals surface area contributed by atoms with Crippen LogP contribution in [0, 0.1) is 0 Å². The summed E-state index contributed by atoms with van der Waals surface area (Å²) in [6.45, 7) is 5.80. The Balaban J connectivity index is 1.43.